The molecule has 0 bridgehead atoms. The predicted octanol–water partition coefficient (Wildman–Crippen LogP) is -0.319. The lowest BCUT2D eigenvalue weighted by atomic mass is 10.0. The molecule has 1 rings (SSSR count). The number of carbonyl (C=O) groups excluding carboxylic acids is 1. The molecule has 1 aromatic carbocycles. The van der Waals surface area contributed by atoms with E-state index in [1.54, 1.807) is 6.07 Å². The summed E-state index contributed by atoms with van der Waals surface area (Å²) < 4.78 is 5.03. The third kappa shape index (κ3) is 5.25. The molecule has 1 aromatic rings. The molecule has 0 aliphatic carbocycles. The molecule has 0 aliphatic rings. The van der Waals surface area contributed by atoms with Crippen molar-refractivity contribution in [3.8, 4) is 0 Å². The molecule has 7 heteroatoms. The highest BCUT2D eigenvalue weighted by atomic mass is 16.5. The van der Waals surface area contributed by atoms with Gasteiger partial charge >= 0.3 is 0 Å². The maximum Gasteiger partial charge on any atom is 0.243 e. The molecule has 1 amide bonds. The predicted molar refractivity (Wildman–Crippen MR) is 75.4 cm³/mol. The zero-order valence-electron chi connectivity index (χ0n) is 11.4. The van der Waals surface area contributed by atoms with Gasteiger partial charge in [-0.2, -0.15) is 0 Å². The van der Waals surface area contributed by atoms with E-state index in [1.165, 1.54) is 0 Å². The lowest BCUT2D eigenvalue weighted by Crippen LogP contribution is -2.24. The molecular weight excluding hydrogens is 260 g/mol. The standard InChI is InChI=1S/C13H20N4O3/c1-9-6-10(13(15)17-19)2-3-11(9)7-16-4-5-20-8-12(14)18/h2-3,6,16,19H,4-5,7-8H2,1H3,(H2,14,18)(H2,15,17). The molecule has 110 valence electrons. The van der Waals surface area contributed by atoms with Gasteiger partial charge in [0.1, 0.15) is 6.61 Å². The highest BCUT2D eigenvalue weighted by Crippen LogP contribution is 2.10. The van der Waals surface area contributed by atoms with Crippen LogP contribution >= 0.6 is 0 Å². The van der Waals surface area contributed by atoms with Crippen LogP contribution in [0.2, 0.25) is 0 Å². The van der Waals surface area contributed by atoms with E-state index in [2.05, 4.69) is 10.5 Å². The zero-order chi connectivity index (χ0) is 15.0. The van der Waals surface area contributed by atoms with E-state index in [0.717, 1.165) is 11.1 Å². The summed E-state index contributed by atoms with van der Waals surface area (Å²) in [5, 5.41) is 14.8. The van der Waals surface area contributed by atoms with Gasteiger partial charge in [-0.25, -0.2) is 0 Å². The molecule has 7 nitrogen and oxygen atoms in total. The first-order valence-electron chi connectivity index (χ1n) is 6.18. The molecule has 0 saturated carbocycles. The number of primary amides is 1. The number of hydrogen-bond acceptors (Lipinski definition) is 5. The number of hydrogen-bond donors (Lipinski definition) is 4. The van der Waals surface area contributed by atoms with Crippen molar-refractivity contribution in [2.24, 2.45) is 16.6 Å². The number of amides is 1. The summed E-state index contributed by atoms with van der Waals surface area (Å²) in [5.41, 5.74) is 13.3. The molecular formula is C13H20N4O3. The number of oxime groups is 1. The third-order valence-electron chi connectivity index (χ3n) is 2.73. The van der Waals surface area contributed by atoms with E-state index in [9.17, 15) is 4.79 Å². The number of nitrogens with one attached hydrogen (secondary N) is 1. The van der Waals surface area contributed by atoms with Gasteiger partial charge in [0.25, 0.3) is 0 Å². The van der Waals surface area contributed by atoms with Crippen LogP contribution in [0.25, 0.3) is 0 Å². The van der Waals surface area contributed by atoms with Crippen molar-refractivity contribution in [2.75, 3.05) is 19.8 Å². The largest absolute Gasteiger partial charge is 0.409 e. The van der Waals surface area contributed by atoms with Crippen molar-refractivity contribution in [1.82, 2.24) is 5.32 Å². The van der Waals surface area contributed by atoms with E-state index in [0.29, 0.717) is 25.3 Å². The SMILES string of the molecule is Cc1cc(/C(N)=N/O)ccc1CNCCOCC(N)=O. The molecule has 0 radical (unpaired) electrons. The first kappa shape index (κ1) is 15.9. The van der Waals surface area contributed by atoms with Crippen LogP contribution in [0, 0.1) is 6.92 Å². The lowest BCUT2D eigenvalue weighted by Gasteiger charge is -2.09. The number of rotatable bonds is 8. The Hall–Kier alpha value is -2.12. The van der Waals surface area contributed by atoms with Gasteiger partial charge in [-0.05, 0) is 24.1 Å². The number of nitrogens with zero attached hydrogens (tertiary/aromatic N) is 1. The number of benzene rings is 1. The minimum Gasteiger partial charge on any atom is -0.409 e. The van der Waals surface area contributed by atoms with Gasteiger partial charge in [-0.1, -0.05) is 17.3 Å². The van der Waals surface area contributed by atoms with E-state index in [4.69, 9.17) is 21.4 Å². The van der Waals surface area contributed by atoms with Gasteiger partial charge < -0.3 is 26.7 Å². The summed E-state index contributed by atoms with van der Waals surface area (Å²) in [6.45, 7) is 3.60. The number of aryl methyl sites for hydroxylation is 1. The van der Waals surface area contributed by atoms with Crippen molar-refractivity contribution in [3.63, 3.8) is 0 Å². The topological polar surface area (TPSA) is 123 Å². The molecule has 0 heterocycles. The summed E-state index contributed by atoms with van der Waals surface area (Å²) in [6.07, 6.45) is 0. The van der Waals surface area contributed by atoms with Crippen LogP contribution in [-0.4, -0.2) is 36.7 Å². The number of carbonyl (C=O) groups is 1. The zero-order valence-corrected chi connectivity index (χ0v) is 11.4. The second-order valence-electron chi connectivity index (χ2n) is 4.32. The summed E-state index contributed by atoms with van der Waals surface area (Å²) >= 11 is 0. The van der Waals surface area contributed by atoms with Crippen LogP contribution in [0.1, 0.15) is 16.7 Å². The van der Waals surface area contributed by atoms with E-state index in [1.807, 2.05) is 19.1 Å². The Balaban J connectivity index is 2.39. The Bertz CT molecular complexity index is 489. The van der Waals surface area contributed by atoms with Crippen LogP contribution in [0.4, 0.5) is 0 Å². The van der Waals surface area contributed by atoms with Gasteiger partial charge in [0.05, 0.1) is 6.61 Å². The van der Waals surface area contributed by atoms with Gasteiger partial charge in [-0.15, -0.1) is 0 Å². The van der Waals surface area contributed by atoms with Crippen LogP contribution in [0.5, 0.6) is 0 Å². The Kier molecular flexibility index (Phi) is 6.48. The minimum atomic E-state index is -0.473. The average molecular weight is 280 g/mol. The van der Waals surface area contributed by atoms with Crippen molar-refractivity contribution >= 4 is 11.7 Å². The Labute approximate surface area is 117 Å². The molecule has 0 saturated heterocycles. The second kappa shape index (κ2) is 8.13. The molecule has 6 N–H and O–H groups in total. The maximum absolute atomic E-state index is 10.4. The van der Waals surface area contributed by atoms with Crippen molar-refractivity contribution in [1.29, 1.82) is 0 Å². The molecule has 0 aromatic heterocycles. The molecule has 0 aliphatic heterocycles. The van der Waals surface area contributed by atoms with Gasteiger partial charge in [-0.3, -0.25) is 4.79 Å². The second-order valence-corrected chi connectivity index (χ2v) is 4.32. The molecule has 0 atom stereocenters. The maximum atomic E-state index is 10.4. The van der Waals surface area contributed by atoms with E-state index < -0.39 is 5.91 Å². The van der Waals surface area contributed by atoms with E-state index >= 15 is 0 Å². The first-order valence-corrected chi connectivity index (χ1v) is 6.18. The average Bonchev–Trinajstić information content (AvgIpc) is 2.42. The van der Waals surface area contributed by atoms with Gasteiger partial charge in [0.15, 0.2) is 5.84 Å². The molecule has 0 spiro atoms. The number of nitrogens with two attached hydrogens (primary N) is 2. The summed E-state index contributed by atoms with van der Waals surface area (Å²) in [7, 11) is 0. The quantitative estimate of drug-likeness (QED) is 0.171. The van der Waals surface area contributed by atoms with Crippen LogP contribution < -0.4 is 16.8 Å². The Morgan fingerprint density at radius 2 is 2.20 bits per heavy atom. The number of ether oxygens (including phenoxy) is 1. The summed E-state index contributed by atoms with van der Waals surface area (Å²) in [6, 6.07) is 5.57. The minimum absolute atomic E-state index is 0.0603. The Morgan fingerprint density at radius 3 is 2.80 bits per heavy atom. The summed E-state index contributed by atoms with van der Waals surface area (Å²) in [4.78, 5) is 10.4. The first-order chi connectivity index (χ1) is 9.54. The normalized spacial score (nSPS) is 11.6. The summed E-state index contributed by atoms with van der Waals surface area (Å²) in [5.74, 6) is -0.382. The van der Waals surface area contributed by atoms with Gasteiger partial charge in [0.2, 0.25) is 5.91 Å². The fraction of sp³-hybridized carbons (Fsp3) is 0.385. The fourth-order valence-corrected chi connectivity index (χ4v) is 1.65. The van der Waals surface area contributed by atoms with Crippen LogP contribution in [0.15, 0.2) is 23.4 Å². The number of amidine groups is 1. The smallest absolute Gasteiger partial charge is 0.243 e. The van der Waals surface area contributed by atoms with Crippen molar-refractivity contribution in [2.45, 2.75) is 13.5 Å². The lowest BCUT2D eigenvalue weighted by molar-refractivity contribution is -0.122. The van der Waals surface area contributed by atoms with E-state index in [-0.39, 0.29) is 12.4 Å². The molecule has 0 fully saturated rings. The fourth-order valence-electron chi connectivity index (χ4n) is 1.65. The van der Waals surface area contributed by atoms with Gasteiger partial charge in [0, 0.05) is 18.7 Å². The molecule has 20 heavy (non-hydrogen) atoms. The van der Waals surface area contributed by atoms with Crippen molar-refractivity contribution in [3.05, 3.63) is 34.9 Å². The Morgan fingerprint density at radius 1 is 1.45 bits per heavy atom. The highest BCUT2D eigenvalue weighted by molar-refractivity contribution is 5.97. The van der Waals surface area contributed by atoms with Crippen LogP contribution in [0.3, 0.4) is 0 Å². The highest BCUT2D eigenvalue weighted by Gasteiger charge is 2.03. The molecule has 0 unspecified atom stereocenters. The van der Waals surface area contributed by atoms with Crippen molar-refractivity contribution < 1.29 is 14.7 Å². The van der Waals surface area contributed by atoms with Crippen LogP contribution in [-0.2, 0) is 16.1 Å². The monoisotopic (exact) mass is 280 g/mol. The third-order valence-corrected chi connectivity index (χ3v) is 2.73.